The van der Waals surface area contributed by atoms with Crippen LogP contribution >= 0.6 is 22.7 Å². The van der Waals surface area contributed by atoms with Gasteiger partial charge in [0.15, 0.2) is 5.65 Å². The second-order valence-corrected chi connectivity index (χ2v) is 18.1. The highest BCUT2D eigenvalue weighted by Gasteiger charge is 2.19. The van der Waals surface area contributed by atoms with E-state index in [0.717, 1.165) is 55.6 Å². The first-order valence-corrected chi connectivity index (χ1v) is 18.0. The minimum atomic E-state index is -1.14. The first-order chi connectivity index (χ1) is 18.3. The summed E-state index contributed by atoms with van der Waals surface area (Å²) < 4.78 is 12.2. The first kappa shape index (κ1) is 25.1. The highest BCUT2D eigenvalue weighted by molar-refractivity contribution is 7.19. The third-order valence-electron chi connectivity index (χ3n) is 6.69. The summed E-state index contributed by atoms with van der Waals surface area (Å²) in [5.41, 5.74) is 6.12. The third-order valence-corrected chi connectivity index (χ3v) is 10.1. The summed E-state index contributed by atoms with van der Waals surface area (Å²) in [5, 5.41) is 14.0. The third kappa shape index (κ3) is 4.73. The molecule has 0 atom stereocenters. The fourth-order valence-electron chi connectivity index (χ4n) is 4.60. The highest BCUT2D eigenvalue weighted by atomic mass is 32.1. The molecule has 196 valence electrons. The number of fused-ring (bicyclic) bond motifs is 4. The number of hydrogen-bond acceptors (Lipinski definition) is 8. The molecular formula is C26H29N7O2S2Si. The van der Waals surface area contributed by atoms with Gasteiger partial charge in [-0.15, -0.1) is 22.7 Å². The Labute approximate surface area is 228 Å². The van der Waals surface area contributed by atoms with Gasteiger partial charge in [-0.1, -0.05) is 31.8 Å². The summed E-state index contributed by atoms with van der Waals surface area (Å²) in [4.78, 5) is 22.8. The Hall–Kier alpha value is -3.19. The molecule has 9 nitrogen and oxygen atoms in total. The zero-order valence-corrected chi connectivity index (χ0v) is 24.5. The molecule has 0 saturated carbocycles. The molecule has 0 unspecified atom stereocenters. The van der Waals surface area contributed by atoms with E-state index in [4.69, 9.17) is 9.72 Å². The number of hydrogen-bond donors (Lipinski definition) is 0. The Morgan fingerprint density at radius 2 is 1.89 bits per heavy atom. The average molecular weight is 564 g/mol. The Morgan fingerprint density at radius 3 is 2.68 bits per heavy atom. The van der Waals surface area contributed by atoms with Gasteiger partial charge in [0.25, 0.3) is 5.56 Å². The predicted molar refractivity (Wildman–Crippen MR) is 156 cm³/mol. The smallest absolute Gasteiger partial charge is 0.291 e. The van der Waals surface area contributed by atoms with Crippen LogP contribution in [-0.2, 0) is 31.5 Å². The SMILES string of the molecule is Cn1c2nc(Cc3cscn3)sc2c2cnn(Cc3cccc4c3cnn4COCC[Si](C)(C)C)c(=O)c21. The van der Waals surface area contributed by atoms with E-state index in [-0.39, 0.29) is 5.56 Å². The second kappa shape index (κ2) is 9.84. The summed E-state index contributed by atoms with van der Waals surface area (Å²) in [6.07, 6.45) is 4.33. The van der Waals surface area contributed by atoms with Gasteiger partial charge in [0.1, 0.15) is 17.3 Å². The number of thiazole rings is 2. The fourth-order valence-corrected chi connectivity index (χ4v) is 7.03. The molecule has 0 spiro atoms. The van der Waals surface area contributed by atoms with Crippen molar-refractivity contribution in [2.75, 3.05) is 6.61 Å². The maximum Gasteiger partial charge on any atom is 0.291 e. The minimum Gasteiger partial charge on any atom is -0.360 e. The van der Waals surface area contributed by atoms with Crippen LogP contribution in [0.3, 0.4) is 0 Å². The average Bonchev–Trinajstić information content (AvgIpc) is 3.66. The normalized spacial score (nSPS) is 12.4. The number of aryl methyl sites for hydroxylation is 1. The molecule has 12 heteroatoms. The molecule has 0 N–H and O–H groups in total. The first-order valence-electron chi connectivity index (χ1n) is 12.5. The lowest BCUT2D eigenvalue weighted by atomic mass is 10.1. The monoisotopic (exact) mass is 563 g/mol. The Bertz CT molecular complexity index is 1810. The predicted octanol–water partition coefficient (Wildman–Crippen LogP) is 5.10. The van der Waals surface area contributed by atoms with E-state index in [0.29, 0.717) is 25.2 Å². The molecule has 0 fully saturated rings. The van der Waals surface area contributed by atoms with Gasteiger partial charge in [0.2, 0.25) is 0 Å². The molecule has 0 saturated heterocycles. The van der Waals surface area contributed by atoms with Crippen LogP contribution in [0.4, 0.5) is 0 Å². The van der Waals surface area contributed by atoms with E-state index in [1.165, 1.54) is 4.68 Å². The van der Waals surface area contributed by atoms with Crippen molar-refractivity contribution in [3.8, 4) is 0 Å². The van der Waals surface area contributed by atoms with Crippen molar-refractivity contribution in [3.63, 3.8) is 0 Å². The van der Waals surface area contributed by atoms with Gasteiger partial charge < -0.3 is 9.30 Å². The second-order valence-electron chi connectivity index (χ2n) is 10.7. The van der Waals surface area contributed by atoms with Crippen molar-refractivity contribution in [1.29, 1.82) is 0 Å². The maximum atomic E-state index is 13.6. The molecule has 38 heavy (non-hydrogen) atoms. The standard InChI is InChI=1S/C26H29N7O2S2Si/c1-31-23-20(24-25(31)30-22(37-24)10-18-14-36-15-27-18)12-28-32(26(23)34)13-17-6-5-7-21-19(17)11-29-33(21)16-35-8-9-38(2,3)4/h5-7,11-12,14-15H,8-10,13,16H2,1-4H3. The van der Waals surface area contributed by atoms with Crippen LogP contribution in [0, 0.1) is 0 Å². The molecule has 5 aromatic heterocycles. The highest BCUT2D eigenvalue weighted by Crippen LogP contribution is 2.32. The summed E-state index contributed by atoms with van der Waals surface area (Å²) in [6.45, 7) is 8.54. The van der Waals surface area contributed by atoms with Gasteiger partial charge in [-0.3, -0.25) is 4.79 Å². The summed E-state index contributed by atoms with van der Waals surface area (Å²) >= 11 is 3.18. The molecule has 5 heterocycles. The van der Waals surface area contributed by atoms with Gasteiger partial charge >= 0.3 is 0 Å². The van der Waals surface area contributed by atoms with Crippen molar-refractivity contribution in [1.82, 2.24) is 34.1 Å². The van der Waals surface area contributed by atoms with Gasteiger partial charge in [-0.25, -0.2) is 19.3 Å². The van der Waals surface area contributed by atoms with E-state index >= 15 is 0 Å². The zero-order chi connectivity index (χ0) is 26.4. The minimum absolute atomic E-state index is 0.129. The summed E-state index contributed by atoms with van der Waals surface area (Å²) in [6, 6.07) is 7.17. The zero-order valence-electron chi connectivity index (χ0n) is 21.8. The lowest BCUT2D eigenvalue weighted by molar-refractivity contribution is 0.0817. The molecule has 0 aliphatic rings. The van der Waals surface area contributed by atoms with E-state index in [1.807, 2.05) is 51.6 Å². The van der Waals surface area contributed by atoms with Crippen LogP contribution in [0.5, 0.6) is 0 Å². The lowest BCUT2D eigenvalue weighted by Gasteiger charge is -2.15. The van der Waals surface area contributed by atoms with E-state index in [9.17, 15) is 4.79 Å². The fraction of sp³-hybridized carbons (Fsp3) is 0.346. The van der Waals surface area contributed by atoms with Crippen LogP contribution in [0.25, 0.3) is 32.2 Å². The van der Waals surface area contributed by atoms with Crippen molar-refractivity contribution in [3.05, 3.63) is 68.1 Å². The Balaban J connectivity index is 1.28. The van der Waals surface area contributed by atoms with Crippen molar-refractivity contribution >= 4 is 62.9 Å². The van der Waals surface area contributed by atoms with Crippen LogP contribution in [0.2, 0.25) is 25.7 Å². The number of rotatable bonds is 9. The molecule has 0 radical (unpaired) electrons. The summed E-state index contributed by atoms with van der Waals surface area (Å²) in [5.74, 6) is 0. The van der Waals surface area contributed by atoms with E-state index in [2.05, 4.69) is 34.8 Å². The number of benzene rings is 1. The van der Waals surface area contributed by atoms with Gasteiger partial charge in [-0.05, 0) is 17.7 Å². The topological polar surface area (TPSA) is 92.7 Å². The van der Waals surface area contributed by atoms with Gasteiger partial charge in [0, 0.05) is 44.3 Å². The van der Waals surface area contributed by atoms with E-state index < -0.39 is 8.07 Å². The van der Waals surface area contributed by atoms with Gasteiger partial charge in [-0.2, -0.15) is 10.2 Å². The van der Waals surface area contributed by atoms with E-state index in [1.54, 1.807) is 28.9 Å². The van der Waals surface area contributed by atoms with Gasteiger partial charge in [0.05, 0.1) is 40.4 Å². The lowest BCUT2D eigenvalue weighted by Crippen LogP contribution is -2.24. The maximum absolute atomic E-state index is 13.6. The molecule has 0 bridgehead atoms. The van der Waals surface area contributed by atoms with Crippen LogP contribution in [0.1, 0.15) is 16.3 Å². The summed E-state index contributed by atoms with van der Waals surface area (Å²) in [7, 11) is 0.760. The number of ether oxygens (including phenoxy) is 1. The van der Waals surface area contributed by atoms with Crippen LogP contribution in [0.15, 0.2) is 46.3 Å². The van der Waals surface area contributed by atoms with Crippen molar-refractivity contribution < 1.29 is 4.74 Å². The Morgan fingerprint density at radius 1 is 1.08 bits per heavy atom. The van der Waals surface area contributed by atoms with Crippen molar-refractivity contribution in [2.24, 2.45) is 7.05 Å². The molecule has 1 aromatic carbocycles. The molecule has 0 amide bonds. The van der Waals surface area contributed by atoms with Crippen LogP contribution < -0.4 is 5.56 Å². The molecule has 6 aromatic rings. The van der Waals surface area contributed by atoms with Crippen LogP contribution in [-0.4, -0.2) is 48.8 Å². The largest absolute Gasteiger partial charge is 0.360 e. The Kier molecular flexibility index (Phi) is 6.50. The van der Waals surface area contributed by atoms with Crippen molar-refractivity contribution in [2.45, 2.75) is 45.4 Å². The quantitative estimate of drug-likeness (QED) is 0.179. The molecule has 0 aliphatic heterocycles. The molecule has 6 rings (SSSR count). The number of aromatic nitrogens is 7. The number of nitrogens with zero attached hydrogens (tertiary/aromatic N) is 7. The molecular weight excluding hydrogens is 535 g/mol. The molecule has 0 aliphatic carbocycles.